The molecule has 0 bridgehead atoms. The van der Waals surface area contributed by atoms with Crippen molar-refractivity contribution >= 4 is 11.4 Å². The molecule has 0 fully saturated rings. The predicted molar refractivity (Wildman–Crippen MR) is 76.4 cm³/mol. The molecular weight excluding hydrogens is 228 g/mol. The van der Waals surface area contributed by atoms with Gasteiger partial charge in [-0.25, -0.2) is 0 Å². The number of aliphatic hydroxyl groups excluding tert-OH is 2. The monoisotopic (exact) mass is 252 g/mol. The number of rotatable bonds is 8. The fourth-order valence-electron chi connectivity index (χ4n) is 2.09. The highest BCUT2D eigenvalue weighted by molar-refractivity contribution is 5.59. The molecule has 0 aliphatic carbocycles. The van der Waals surface area contributed by atoms with Gasteiger partial charge in [0.05, 0.1) is 13.2 Å². The van der Waals surface area contributed by atoms with Crippen molar-refractivity contribution < 1.29 is 10.2 Å². The van der Waals surface area contributed by atoms with Crippen LogP contribution in [0.15, 0.2) is 24.3 Å². The van der Waals surface area contributed by atoms with Gasteiger partial charge in [-0.2, -0.15) is 0 Å². The minimum Gasteiger partial charge on any atom is -0.395 e. The predicted octanol–water partition coefficient (Wildman–Crippen LogP) is 1.32. The van der Waals surface area contributed by atoms with Crippen LogP contribution in [0.4, 0.5) is 11.4 Å². The van der Waals surface area contributed by atoms with Crippen LogP contribution in [0.1, 0.15) is 13.8 Å². The summed E-state index contributed by atoms with van der Waals surface area (Å²) in [6.45, 7) is 7.49. The highest BCUT2D eigenvalue weighted by atomic mass is 16.3. The van der Waals surface area contributed by atoms with Gasteiger partial charge in [-0.15, -0.1) is 0 Å². The van der Waals surface area contributed by atoms with Gasteiger partial charge < -0.3 is 20.0 Å². The standard InChI is InChI=1S/C14H24N2O2/c1-3-15(4-2)13-6-5-7-14(12-13)16(8-10-17)9-11-18/h5-7,12,17-18H,3-4,8-11H2,1-2H3. The number of hydrogen-bond acceptors (Lipinski definition) is 4. The lowest BCUT2D eigenvalue weighted by molar-refractivity contribution is 0.281. The largest absolute Gasteiger partial charge is 0.395 e. The molecular formula is C14H24N2O2. The van der Waals surface area contributed by atoms with Crippen LogP contribution in [0, 0.1) is 0 Å². The molecule has 0 unspecified atom stereocenters. The van der Waals surface area contributed by atoms with E-state index in [4.69, 9.17) is 10.2 Å². The van der Waals surface area contributed by atoms with Gasteiger partial charge in [0.2, 0.25) is 0 Å². The van der Waals surface area contributed by atoms with Crippen LogP contribution in [-0.4, -0.2) is 49.6 Å². The molecule has 0 amide bonds. The molecule has 102 valence electrons. The zero-order valence-electron chi connectivity index (χ0n) is 11.3. The van der Waals surface area contributed by atoms with Gasteiger partial charge >= 0.3 is 0 Å². The summed E-state index contributed by atoms with van der Waals surface area (Å²) < 4.78 is 0. The van der Waals surface area contributed by atoms with E-state index in [9.17, 15) is 0 Å². The number of hydrogen-bond donors (Lipinski definition) is 2. The normalized spacial score (nSPS) is 10.4. The van der Waals surface area contributed by atoms with Gasteiger partial charge in [-0.05, 0) is 32.0 Å². The van der Waals surface area contributed by atoms with E-state index >= 15 is 0 Å². The van der Waals surface area contributed by atoms with Crippen molar-refractivity contribution in [2.24, 2.45) is 0 Å². The molecule has 18 heavy (non-hydrogen) atoms. The first kappa shape index (κ1) is 14.8. The van der Waals surface area contributed by atoms with E-state index in [0.717, 1.165) is 18.8 Å². The van der Waals surface area contributed by atoms with Crippen molar-refractivity contribution in [3.05, 3.63) is 24.3 Å². The SMILES string of the molecule is CCN(CC)c1cccc(N(CCO)CCO)c1. The molecule has 0 aromatic heterocycles. The molecule has 0 aliphatic heterocycles. The van der Waals surface area contributed by atoms with Crippen molar-refractivity contribution in [3.63, 3.8) is 0 Å². The number of aliphatic hydroxyl groups is 2. The van der Waals surface area contributed by atoms with Crippen molar-refractivity contribution in [1.82, 2.24) is 0 Å². The first-order valence-corrected chi connectivity index (χ1v) is 6.58. The van der Waals surface area contributed by atoms with E-state index in [0.29, 0.717) is 13.1 Å². The van der Waals surface area contributed by atoms with Crippen LogP contribution in [0.2, 0.25) is 0 Å². The average Bonchev–Trinajstić information content (AvgIpc) is 2.40. The van der Waals surface area contributed by atoms with Gasteiger partial charge in [0.25, 0.3) is 0 Å². The minimum atomic E-state index is 0.0928. The van der Waals surface area contributed by atoms with Crippen molar-refractivity contribution in [2.45, 2.75) is 13.8 Å². The van der Waals surface area contributed by atoms with Gasteiger partial charge in [0.1, 0.15) is 0 Å². The molecule has 0 saturated heterocycles. The van der Waals surface area contributed by atoms with Crippen LogP contribution >= 0.6 is 0 Å². The third-order valence-electron chi connectivity index (χ3n) is 3.06. The number of nitrogens with zero attached hydrogens (tertiary/aromatic N) is 2. The third-order valence-corrected chi connectivity index (χ3v) is 3.06. The molecule has 0 atom stereocenters. The summed E-state index contributed by atoms with van der Waals surface area (Å²) in [4.78, 5) is 4.27. The molecule has 1 aromatic rings. The summed E-state index contributed by atoms with van der Waals surface area (Å²) in [5, 5.41) is 18.1. The van der Waals surface area contributed by atoms with Crippen molar-refractivity contribution in [1.29, 1.82) is 0 Å². The van der Waals surface area contributed by atoms with E-state index in [2.05, 4.69) is 30.9 Å². The maximum atomic E-state index is 9.06. The second-order valence-electron chi connectivity index (χ2n) is 4.13. The Kier molecular flexibility index (Phi) is 6.54. The first-order chi connectivity index (χ1) is 8.76. The molecule has 1 aromatic carbocycles. The highest BCUT2D eigenvalue weighted by Gasteiger charge is 2.08. The fourth-order valence-corrected chi connectivity index (χ4v) is 2.09. The Hall–Kier alpha value is -1.26. The molecule has 2 N–H and O–H groups in total. The van der Waals surface area contributed by atoms with E-state index in [1.165, 1.54) is 5.69 Å². The topological polar surface area (TPSA) is 46.9 Å². The Bertz CT molecular complexity index is 334. The van der Waals surface area contributed by atoms with Gasteiger partial charge in [0.15, 0.2) is 0 Å². The third kappa shape index (κ3) is 3.89. The number of anilines is 2. The lowest BCUT2D eigenvalue weighted by Crippen LogP contribution is -2.30. The fraction of sp³-hybridized carbons (Fsp3) is 0.571. The summed E-state index contributed by atoms with van der Waals surface area (Å²) in [6, 6.07) is 8.23. The summed E-state index contributed by atoms with van der Waals surface area (Å²) in [6.07, 6.45) is 0. The smallest absolute Gasteiger partial charge is 0.0606 e. The van der Waals surface area contributed by atoms with Gasteiger partial charge in [-0.3, -0.25) is 0 Å². The molecule has 4 nitrogen and oxygen atoms in total. The highest BCUT2D eigenvalue weighted by Crippen LogP contribution is 2.22. The summed E-state index contributed by atoms with van der Waals surface area (Å²) in [5.41, 5.74) is 2.22. The molecule has 0 spiro atoms. The van der Waals surface area contributed by atoms with Gasteiger partial charge in [-0.1, -0.05) is 6.07 Å². The Balaban J connectivity index is 2.90. The molecule has 1 rings (SSSR count). The van der Waals surface area contributed by atoms with E-state index in [1.54, 1.807) is 0 Å². The van der Waals surface area contributed by atoms with Crippen LogP contribution in [0.5, 0.6) is 0 Å². The van der Waals surface area contributed by atoms with Crippen molar-refractivity contribution in [3.8, 4) is 0 Å². The second kappa shape index (κ2) is 7.95. The van der Waals surface area contributed by atoms with Crippen LogP contribution < -0.4 is 9.80 Å². The number of benzene rings is 1. The Morgan fingerprint density at radius 2 is 1.39 bits per heavy atom. The summed E-state index contributed by atoms with van der Waals surface area (Å²) in [7, 11) is 0. The van der Waals surface area contributed by atoms with Crippen LogP contribution in [0.25, 0.3) is 0 Å². The zero-order chi connectivity index (χ0) is 13.4. The maximum absolute atomic E-state index is 9.06. The van der Waals surface area contributed by atoms with Crippen LogP contribution in [0.3, 0.4) is 0 Å². The van der Waals surface area contributed by atoms with Crippen molar-refractivity contribution in [2.75, 3.05) is 49.2 Å². The van der Waals surface area contributed by atoms with Gasteiger partial charge in [0, 0.05) is 37.6 Å². The van der Waals surface area contributed by atoms with E-state index in [1.807, 2.05) is 17.0 Å². The van der Waals surface area contributed by atoms with E-state index in [-0.39, 0.29) is 13.2 Å². The summed E-state index contributed by atoms with van der Waals surface area (Å²) in [5.74, 6) is 0. The van der Waals surface area contributed by atoms with E-state index < -0.39 is 0 Å². The lowest BCUT2D eigenvalue weighted by Gasteiger charge is -2.26. The molecule has 0 aliphatic rings. The minimum absolute atomic E-state index is 0.0928. The molecule has 0 saturated carbocycles. The second-order valence-corrected chi connectivity index (χ2v) is 4.13. The van der Waals surface area contributed by atoms with Crippen LogP contribution in [-0.2, 0) is 0 Å². The average molecular weight is 252 g/mol. The Labute approximate surface area is 109 Å². The Morgan fingerprint density at radius 1 is 0.889 bits per heavy atom. The first-order valence-electron chi connectivity index (χ1n) is 6.58. The molecule has 4 heteroatoms. The molecule has 0 heterocycles. The maximum Gasteiger partial charge on any atom is 0.0606 e. The quantitative estimate of drug-likeness (QED) is 0.732. The summed E-state index contributed by atoms with van der Waals surface area (Å²) >= 11 is 0. The Morgan fingerprint density at radius 3 is 1.83 bits per heavy atom. The zero-order valence-corrected chi connectivity index (χ0v) is 11.3. The molecule has 0 radical (unpaired) electrons. The lowest BCUT2D eigenvalue weighted by atomic mass is 10.2.